The van der Waals surface area contributed by atoms with Crippen molar-refractivity contribution in [1.29, 1.82) is 0 Å². The predicted octanol–water partition coefficient (Wildman–Crippen LogP) is 5.75. The van der Waals surface area contributed by atoms with Gasteiger partial charge in [-0.05, 0) is 29.8 Å². The van der Waals surface area contributed by atoms with Crippen molar-refractivity contribution in [2.75, 3.05) is 32.7 Å². The number of aromatic nitrogens is 4. The summed E-state index contributed by atoms with van der Waals surface area (Å²) in [7, 11) is 0. The highest BCUT2D eigenvalue weighted by atomic mass is 32.2. The molecule has 0 atom stereocenters. The molecule has 0 unspecified atom stereocenters. The molecule has 0 radical (unpaired) electrons. The highest BCUT2D eigenvalue weighted by molar-refractivity contribution is 7.98. The van der Waals surface area contributed by atoms with E-state index in [1.807, 2.05) is 75.5 Å². The van der Waals surface area contributed by atoms with Gasteiger partial charge in [0.25, 0.3) is 5.91 Å². The highest BCUT2D eigenvalue weighted by Crippen LogP contribution is 2.30. The van der Waals surface area contributed by atoms with E-state index in [2.05, 4.69) is 44.4 Å². The first-order chi connectivity index (χ1) is 19.7. The second-order valence-corrected chi connectivity index (χ2v) is 11.2. The lowest BCUT2D eigenvalue weighted by atomic mass is 10.2. The molecule has 8 nitrogen and oxygen atoms in total. The third kappa shape index (κ3) is 6.09. The van der Waals surface area contributed by atoms with E-state index in [-0.39, 0.29) is 5.91 Å². The molecule has 4 heterocycles. The molecule has 202 valence electrons. The smallest absolute Gasteiger partial charge is 0.273 e. The number of carbonyl (C=O) groups is 1. The highest BCUT2D eigenvalue weighted by Gasteiger charge is 2.24. The number of benzene rings is 2. The summed E-state index contributed by atoms with van der Waals surface area (Å²) < 4.78 is 7.58. The molecule has 1 saturated heterocycles. The van der Waals surface area contributed by atoms with Crippen LogP contribution in [0.15, 0.2) is 100 Å². The van der Waals surface area contributed by atoms with Crippen molar-refractivity contribution in [2.24, 2.45) is 0 Å². The van der Waals surface area contributed by atoms with Crippen LogP contribution in [-0.2, 0) is 5.75 Å². The molecule has 1 amide bonds. The van der Waals surface area contributed by atoms with Gasteiger partial charge in [0.15, 0.2) is 10.9 Å². The van der Waals surface area contributed by atoms with E-state index in [1.165, 1.54) is 28.7 Å². The average Bonchev–Trinajstić information content (AvgIpc) is 3.78. The number of thiazole rings is 1. The molecule has 1 fully saturated rings. The first kappa shape index (κ1) is 26.2. The molecule has 0 spiro atoms. The van der Waals surface area contributed by atoms with E-state index < -0.39 is 0 Å². The van der Waals surface area contributed by atoms with Crippen molar-refractivity contribution in [3.8, 4) is 17.3 Å². The lowest BCUT2D eigenvalue weighted by Gasteiger charge is -2.33. The number of hydrogen-bond acceptors (Lipinski definition) is 8. The van der Waals surface area contributed by atoms with E-state index in [4.69, 9.17) is 4.42 Å². The van der Waals surface area contributed by atoms with Crippen molar-refractivity contribution in [2.45, 2.75) is 10.9 Å². The van der Waals surface area contributed by atoms with Crippen LogP contribution >= 0.6 is 23.1 Å². The summed E-state index contributed by atoms with van der Waals surface area (Å²) >= 11 is 3.04. The van der Waals surface area contributed by atoms with Gasteiger partial charge < -0.3 is 9.32 Å². The molecule has 1 aliphatic heterocycles. The summed E-state index contributed by atoms with van der Waals surface area (Å²) in [4.78, 5) is 22.1. The van der Waals surface area contributed by atoms with Crippen LogP contribution in [0.2, 0.25) is 0 Å². The number of piperazine rings is 1. The number of thioether (sulfide) groups is 1. The Balaban J connectivity index is 1.05. The maximum Gasteiger partial charge on any atom is 0.273 e. The van der Waals surface area contributed by atoms with Gasteiger partial charge in [-0.15, -0.1) is 21.5 Å². The fourth-order valence-electron chi connectivity index (χ4n) is 4.54. The second kappa shape index (κ2) is 12.5. The molecular weight excluding hydrogens is 541 g/mol. The minimum Gasteiger partial charge on any atom is -0.461 e. The van der Waals surface area contributed by atoms with Gasteiger partial charge in [0, 0.05) is 43.8 Å². The Labute approximate surface area is 241 Å². The standard InChI is InChI=1S/C30H28N6O2S2/c37-29(35-18-16-34(17-19-35)15-7-11-23-9-3-1-4-10-23)25-21-39-27(31-25)22-40-30-33-32-28(26-14-8-20-38-26)36(30)24-12-5-2-6-13-24/h1-14,20-21H,15-19,22H2/b11-7+. The van der Waals surface area contributed by atoms with Crippen LogP contribution in [0.3, 0.4) is 0 Å². The number of carbonyl (C=O) groups excluding carboxylic acids is 1. The zero-order chi connectivity index (χ0) is 27.1. The van der Waals surface area contributed by atoms with E-state index in [9.17, 15) is 4.79 Å². The maximum atomic E-state index is 13.2. The largest absolute Gasteiger partial charge is 0.461 e. The minimum atomic E-state index is -0.000430. The van der Waals surface area contributed by atoms with Gasteiger partial charge in [0.05, 0.1) is 12.0 Å². The average molecular weight is 569 g/mol. The fraction of sp³-hybridized carbons (Fsp3) is 0.200. The third-order valence-electron chi connectivity index (χ3n) is 6.62. The van der Waals surface area contributed by atoms with E-state index in [0.29, 0.717) is 36.1 Å². The van der Waals surface area contributed by atoms with Crippen LogP contribution in [-0.4, -0.2) is 68.2 Å². The zero-order valence-electron chi connectivity index (χ0n) is 21.8. The minimum absolute atomic E-state index is 0.000430. The first-order valence-corrected chi connectivity index (χ1v) is 15.0. The summed E-state index contributed by atoms with van der Waals surface area (Å²) in [5, 5.41) is 12.3. The van der Waals surface area contributed by atoms with Crippen LogP contribution in [0.5, 0.6) is 0 Å². The SMILES string of the molecule is O=C(c1csc(CSc2nnc(-c3ccco3)n2-c2ccccc2)n1)N1CCN(C/C=C/c2ccccc2)CC1. The Morgan fingerprint density at radius 2 is 1.73 bits per heavy atom. The zero-order valence-corrected chi connectivity index (χ0v) is 23.4. The van der Waals surface area contributed by atoms with Gasteiger partial charge in [-0.25, -0.2) is 4.98 Å². The Bertz CT molecular complexity index is 1560. The molecule has 2 aromatic carbocycles. The van der Waals surface area contributed by atoms with E-state index in [1.54, 1.807) is 6.26 Å². The number of nitrogens with zero attached hydrogens (tertiary/aromatic N) is 6. The number of amides is 1. The molecule has 1 aliphatic rings. The lowest BCUT2D eigenvalue weighted by molar-refractivity contribution is 0.0645. The van der Waals surface area contributed by atoms with Gasteiger partial charge in [-0.1, -0.05) is 72.4 Å². The van der Waals surface area contributed by atoms with Gasteiger partial charge >= 0.3 is 0 Å². The van der Waals surface area contributed by atoms with Gasteiger partial charge in [-0.3, -0.25) is 14.3 Å². The van der Waals surface area contributed by atoms with Crippen molar-refractivity contribution in [3.05, 3.63) is 107 Å². The van der Waals surface area contributed by atoms with Gasteiger partial charge in [-0.2, -0.15) is 0 Å². The van der Waals surface area contributed by atoms with Gasteiger partial charge in [0.1, 0.15) is 10.7 Å². The van der Waals surface area contributed by atoms with Crippen LogP contribution in [0.4, 0.5) is 0 Å². The number of para-hydroxylation sites is 1. The Hall–Kier alpha value is -3.99. The normalized spacial score (nSPS) is 14.2. The Kier molecular flexibility index (Phi) is 8.17. The summed E-state index contributed by atoms with van der Waals surface area (Å²) in [6, 6.07) is 24.0. The fourth-order valence-corrected chi connectivity index (χ4v) is 6.28. The summed E-state index contributed by atoms with van der Waals surface area (Å²) in [6.45, 7) is 3.99. The number of rotatable bonds is 9. The Morgan fingerprint density at radius 3 is 2.48 bits per heavy atom. The summed E-state index contributed by atoms with van der Waals surface area (Å²) in [5.74, 6) is 1.88. The predicted molar refractivity (Wildman–Crippen MR) is 159 cm³/mol. The molecule has 0 N–H and O–H groups in total. The molecular formula is C30H28N6O2S2. The quantitative estimate of drug-likeness (QED) is 0.210. The number of hydrogen-bond donors (Lipinski definition) is 0. The first-order valence-electron chi connectivity index (χ1n) is 13.1. The molecule has 6 rings (SSSR count). The second-order valence-electron chi connectivity index (χ2n) is 9.28. The Morgan fingerprint density at radius 1 is 0.950 bits per heavy atom. The van der Waals surface area contributed by atoms with E-state index >= 15 is 0 Å². The molecule has 10 heteroatoms. The third-order valence-corrected chi connectivity index (χ3v) is 8.59. The molecule has 40 heavy (non-hydrogen) atoms. The van der Waals surface area contributed by atoms with Crippen molar-refractivity contribution >= 4 is 35.1 Å². The molecule has 5 aromatic rings. The summed E-state index contributed by atoms with van der Waals surface area (Å²) in [5.41, 5.74) is 2.66. The summed E-state index contributed by atoms with van der Waals surface area (Å²) in [6.07, 6.45) is 5.96. The molecule has 0 aliphatic carbocycles. The molecule has 0 saturated carbocycles. The van der Waals surface area contributed by atoms with Crippen molar-refractivity contribution in [3.63, 3.8) is 0 Å². The number of furan rings is 1. The van der Waals surface area contributed by atoms with Crippen LogP contribution < -0.4 is 0 Å². The van der Waals surface area contributed by atoms with Gasteiger partial charge in [0.2, 0.25) is 5.82 Å². The lowest BCUT2D eigenvalue weighted by Crippen LogP contribution is -2.48. The topological polar surface area (TPSA) is 80.3 Å². The monoisotopic (exact) mass is 568 g/mol. The van der Waals surface area contributed by atoms with Crippen LogP contribution in [0.1, 0.15) is 21.1 Å². The van der Waals surface area contributed by atoms with Crippen LogP contribution in [0, 0.1) is 0 Å². The van der Waals surface area contributed by atoms with Crippen molar-refractivity contribution < 1.29 is 9.21 Å². The van der Waals surface area contributed by atoms with Crippen LogP contribution in [0.25, 0.3) is 23.3 Å². The molecule has 3 aromatic heterocycles. The molecule has 0 bridgehead atoms. The van der Waals surface area contributed by atoms with Crippen molar-refractivity contribution in [1.82, 2.24) is 29.5 Å². The van der Waals surface area contributed by atoms with E-state index in [0.717, 1.165) is 35.5 Å². The maximum absolute atomic E-state index is 13.2.